The van der Waals surface area contributed by atoms with Crippen molar-refractivity contribution in [2.24, 2.45) is 0 Å². The topological polar surface area (TPSA) is 58.2 Å². The van der Waals surface area contributed by atoms with Crippen molar-refractivity contribution in [2.75, 3.05) is 13.1 Å². The summed E-state index contributed by atoms with van der Waals surface area (Å²) in [6.45, 7) is 4.30. The van der Waals surface area contributed by atoms with Gasteiger partial charge in [0.05, 0.1) is 10.6 Å². The van der Waals surface area contributed by atoms with Crippen LogP contribution in [0.25, 0.3) is 0 Å². The summed E-state index contributed by atoms with van der Waals surface area (Å²) < 4.78 is 13.6. The van der Waals surface area contributed by atoms with Gasteiger partial charge in [0.15, 0.2) is 0 Å². The summed E-state index contributed by atoms with van der Waals surface area (Å²) in [6.07, 6.45) is 0. The average molecular weight is 349 g/mol. The fourth-order valence-corrected chi connectivity index (χ4v) is 2.39. The van der Waals surface area contributed by atoms with Crippen LogP contribution < -0.4 is 10.6 Å². The molecule has 0 bridgehead atoms. The Morgan fingerprint density at radius 3 is 2.29 bits per heavy atom. The Morgan fingerprint density at radius 2 is 1.67 bits per heavy atom. The molecule has 0 spiro atoms. The number of nitrogens with one attached hydrogen (secondary N) is 2. The maximum atomic E-state index is 13.6. The van der Waals surface area contributed by atoms with Crippen molar-refractivity contribution in [2.45, 2.75) is 13.8 Å². The SMILES string of the molecule is Cc1ccc(C(=O)NCCNC(=O)c2c(F)cccc2Cl)cc1C. The zero-order valence-corrected chi connectivity index (χ0v) is 14.2. The second-order valence-electron chi connectivity index (χ2n) is 5.41. The molecule has 0 fully saturated rings. The van der Waals surface area contributed by atoms with Crippen LogP contribution in [0.3, 0.4) is 0 Å². The van der Waals surface area contributed by atoms with Crippen LogP contribution in [0, 0.1) is 19.7 Å². The molecule has 126 valence electrons. The van der Waals surface area contributed by atoms with E-state index < -0.39 is 11.7 Å². The van der Waals surface area contributed by atoms with Crippen LogP contribution in [0.15, 0.2) is 36.4 Å². The first-order valence-electron chi connectivity index (χ1n) is 7.48. The number of hydrogen-bond acceptors (Lipinski definition) is 2. The number of amides is 2. The lowest BCUT2D eigenvalue weighted by molar-refractivity contribution is 0.0925. The molecule has 0 atom stereocenters. The Morgan fingerprint density at radius 1 is 1.00 bits per heavy atom. The molecule has 2 amide bonds. The van der Waals surface area contributed by atoms with E-state index in [0.717, 1.165) is 11.1 Å². The summed E-state index contributed by atoms with van der Waals surface area (Å²) >= 11 is 5.82. The van der Waals surface area contributed by atoms with Crippen molar-refractivity contribution >= 4 is 23.4 Å². The highest BCUT2D eigenvalue weighted by Crippen LogP contribution is 2.18. The molecule has 0 heterocycles. The lowest BCUT2D eigenvalue weighted by atomic mass is 10.1. The number of hydrogen-bond donors (Lipinski definition) is 2. The predicted octanol–water partition coefficient (Wildman–Crippen LogP) is 3.26. The first-order chi connectivity index (χ1) is 11.4. The zero-order valence-electron chi connectivity index (χ0n) is 13.5. The van der Waals surface area contributed by atoms with Crippen LogP contribution in [0.5, 0.6) is 0 Å². The van der Waals surface area contributed by atoms with Gasteiger partial charge in [-0.15, -0.1) is 0 Å². The van der Waals surface area contributed by atoms with Gasteiger partial charge < -0.3 is 10.6 Å². The predicted molar refractivity (Wildman–Crippen MR) is 92.0 cm³/mol. The number of benzene rings is 2. The molecule has 0 radical (unpaired) electrons. The Kier molecular flexibility index (Phi) is 5.93. The molecule has 0 aliphatic rings. The molecule has 4 nitrogen and oxygen atoms in total. The molecular formula is C18H18ClFN2O2. The van der Waals surface area contributed by atoms with E-state index >= 15 is 0 Å². The molecule has 2 rings (SSSR count). The molecule has 24 heavy (non-hydrogen) atoms. The summed E-state index contributed by atoms with van der Waals surface area (Å²) in [4.78, 5) is 24.0. The maximum Gasteiger partial charge on any atom is 0.255 e. The van der Waals surface area contributed by atoms with E-state index in [9.17, 15) is 14.0 Å². The smallest absolute Gasteiger partial charge is 0.255 e. The summed E-state index contributed by atoms with van der Waals surface area (Å²) in [6, 6.07) is 9.48. The molecule has 0 saturated carbocycles. The normalized spacial score (nSPS) is 10.3. The summed E-state index contributed by atoms with van der Waals surface area (Å²) in [5.74, 6) is -1.52. The Hall–Kier alpha value is -2.40. The van der Waals surface area contributed by atoms with Crippen LogP contribution in [0.4, 0.5) is 4.39 Å². The van der Waals surface area contributed by atoms with Crippen molar-refractivity contribution < 1.29 is 14.0 Å². The van der Waals surface area contributed by atoms with Crippen LogP contribution >= 0.6 is 11.6 Å². The lowest BCUT2D eigenvalue weighted by Crippen LogP contribution is -2.35. The fourth-order valence-electron chi connectivity index (χ4n) is 2.14. The van der Waals surface area contributed by atoms with Crippen molar-refractivity contribution in [1.82, 2.24) is 10.6 Å². The van der Waals surface area contributed by atoms with Gasteiger partial charge in [0.25, 0.3) is 11.8 Å². The fraction of sp³-hybridized carbons (Fsp3) is 0.222. The summed E-state index contributed by atoms with van der Waals surface area (Å²) in [7, 11) is 0. The molecule has 2 aromatic rings. The quantitative estimate of drug-likeness (QED) is 0.815. The van der Waals surface area contributed by atoms with Crippen LogP contribution in [0.1, 0.15) is 31.8 Å². The van der Waals surface area contributed by atoms with Gasteiger partial charge in [-0.25, -0.2) is 4.39 Å². The number of carbonyl (C=O) groups is 2. The van der Waals surface area contributed by atoms with E-state index in [0.29, 0.717) is 5.56 Å². The number of aryl methyl sites for hydroxylation is 2. The molecule has 0 aliphatic carbocycles. The first-order valence-corrected chi connectivity index (χ1v) is 7.85. The summed E-state index contributed by atoms with van der Waals surface area (Å²) in [5.41, 5.74) is 2.51. The minimum atomic E-state index is -0.681. The van der Waals surface area contributed by atoms with E-state index in [-0.39, 0.29) is 29.6 Å². The van der Waals surface area contributed by atoms with Crippen LogP contribution in [-0.2, 0) is 0 Å². The molecule has 0 aliphatic heterocycles. The molecule has 0 unspecified atom stereocenters. The highest BCUT2D eigenvalue weighted by Gasteiger charge is 2.15. The standard InChI is InChI=1S/C18H18ClFN2O2/c1-11-6-7-13(10-12(11)2)17(23)21-8-9-22-18(24)16-14(19)4-3-5-15(16)20/h3-7,10H,8-9H2,1-2H3,(H,21,23)(H,22,24). The van der Waals surface area contributed by atoms with E-state index in [4.69, 9.17) is 11.6 Å². The third-order valence-corrected chi connectivity index (χ3v) is 3.97. The lowest BCUT2D eigenvalue weighted by Gasteiger charge is -2.09. The Bertz CT molecular complexity index is 757. The van der Waals surface area contributed by atoms with Gasteiger partial charge in [-0.1, -0.05) is 23.7 Å². The van der Waals surface area contributed by atoms with Gasteiger partial charge in [0.1, 0.15) is 5.82 Å². The second kappa shape index (κ2) is 7.93. The van der Waals surface area contributed by atoms with Crippen molar-refractivity contribution in [1.29, 1.82) is 0 Å². The van der Waals surface area contributed by atoms with Crippen molar-refractivity contribution in [3.63, 3.8) is 0 Å². The number of rotatable bonds is 5. The first kappa shape index (κ1) is 17.9. The minimum absolute atomic E-state index is 0.0478. The Balaban J connectivity index is 1.85. The van der Waals surface area contributed by atoms with E-state index in [1.807, 2.05) is 26.0 Å². The van der Waals surface area contributed by atoms with Crippen molar-refractivity contribution in [3.05, 3.63) is 69.5 Å². The van der Waals surface area contributed by atoms with Gasteiger partial charge in [0, 0.05) is 18.7 Å². The molecule has 0 aromatic heterocycles. The van der Waals surface area contributed by atoms with Crippen LogP contribution in [0.2, 0.25) is 5.02 Å². The monoisotopic (exact) mass is 348 g/mol. The minimum Gasteiger partial charge on any atom is -0.350 e. The van der Waals surface area contributed by atoms with E-state index in [1.54, 1.807) is 6.07 Å². The highest BCUT2D eigenvalue weighted by atomic mass is 35.5. The highest BCUT2D eigenvalue weighted by molar-refractivity contribution is 6.33. The number of halogens is 2. The summed E-state index contributed by atoms with van der Waals surface area (Å²) in [5, 5.41) is 5.28. The Labute approximate surface area is 145 Å². The molecule has 2 N–H and O–H groups in total. The molecule has 2 aromatic carbocycles. The van der Waals surface area contributed by atoms with Gasteiger partial charge in [0.2, 0.25) is 0 Å². The molecule has 6 heteroatoms. The molecule has 0 saturated heterocycles. The van der Waals surface area contributed by atoms with Crippen molar-refractivity contribution in [3.8, 4) is 0 Å². The van der Waals surface area contributed by atoms with Gasteiger partial charge in [-0.05, 0) is 49.2 Å². The van der Waals surface area contributed by atoms with Gasteiger partial charge in [-0.3, -0.25) is 9.59 Å². The van der Waals surface area contributed by atoms with E-state index in [1.165, 1.54) is 18.2 Å². The van der Waals surface area contributed by atoms with Gasteiger partial charge in [-0.2, -0.15) is 0 Å². The largest absolute Gasteiger partial charge is 0.350 e. The number of carbonyl (C=O) groups excluding carboxylic acids is 2. The third-order valence-electron chi connectivity index (χ3n) is 3.66. The molecular weight excluding hydrogens is 331 g/mol. The van der Waals surface area contributed by atoms with Gasteiger partial charge >= 0.3 is 0 Å². The second-order valence-corrected chi connectivity index (χ2v) is 5.81. The average Bonchev–Trinajstić information content (AvgIpc) is 2.53. The maximum absolute atomic E-state index is 13.6. The van der Waals surface area contributed by atoms with E-state index in [2.05, 4.69) is 10.6 Å². The third kappa shape index (κ3) is 4.32. The van der Waals surface area contributed by atoms with Crippen LogP contribution in [-0.4, -0.2) is 24.9 Å². The zero-order chi connectivity index (χ0) is 17.7.